The maximum Gasteiger partial charge on any atom is 0.250 e. The van der Waals surface area contributed by atoms with E-state index < -0.39 is 5.54 Å². The van der Waals surface area contributed by atoms with E-state index in [1.807, 2.05) is 34.0 Å². The van der Waals surface area contributed by atoms with E-state index in [0.29, 0.717) is 6.54 Å². The molecule has 2 atom stereocenters. The maximum absolute atomic E-state index is 13.6. The van der Waals surface area contributed by atoms with Crippen LogP contribution < -0.4 is 5.32 Å². The number of likely N-dealkylation sites (tertiary alicyclic amines) is 1. The molecule has 146 valence electrons. The lowest BCUT2D eigenvalue weighted by molar-refractivity contribution is -0.143. The molecule has 2 fully saturated rings. The first kappa shape index (κ1) is 19.8. The van der Waals surface area contributed by atoms with Gasteiger partial charge in [-0.3, -0.25) is 9.48 Å². The lowest BCUT2D eigenvalue weighted by atomic mass is 9.86. The maximum atomic E-state index is 13.6. The monoisotopic (exact) mass is 392 g/mol. The summed E-state index contributed by atoms with van der Waals surface area (Å²) < 4.78 is 15.1. The summed E-state index contributed by atoms with van der Waals surface area (Å²) in [5, 5.41) is 7.77. The predicted molar refractivity (Wildman–Crippen MR) is 104 cm³/mol. The molecule has 7 heteroatoms. The molecular weight excluding hydrogens is 367 g/mol. The molecule has 4 rings (SSSR count). The first-order valence-corrected chi connectivity index (χ1v) is 9.37. The number of carbonyl (C=O) groups excluding carboxylic acids is 1. The molecule has 2 unspecified atom stereocenters. The van der Waals surface area contributed by atoms with Crippen LogP contribution in [-0.4, -0.2) is 46.3 Å². The number of hydrogen-bond acceptors (Lipinski definition) is 3. The van der Waals surface area contributed by atoms with Crippen LogP contribution in [0.2, 0.25) is 0 Å². The molecule has 0 radical (unpaired) electrons. The number of amides is 1. The number of aromatic nitrogens is 2. The van der Waals surface area contributed by atoms with E-state index in [1.54, 1.807) is 6.20 Å². The van der Waals surface area contributed by atoms with Crippen LogP contribution >= 0.6 is 12.4 Å². The van der Waals surface area contributed by atoms with Crippen LogP contribution in [0.15, 0.2) is 42.7 Å². The molecule has 0 bridgehead atoms. The van der Waals surface area contributed by atoms with E-state index in [1.165, 1.54) is 12.1 Å². The smallest absolute Gasteiger partial charge is 0.250 e. The summed E-state index contributed by atoms with van der Waals surface area (Å²) in [4.78, 5) is 15.7. The molecule has 27 heavy (non-hydrogen) atoms. The van der Waals surface area contributed by atoms with Gasteiger partial charge < -0.3 is 10.2 Å². The van der Waals surface area contributed by atoms with Crippen molar-refractivity contribution in [3.63, 3.8) is 0 Å². The van der Waals surface area contributed by atoms with Gasteiger partial charge in [-0.1, -0.05) is 12.1 Å². The lowest BCUT2D eigenvalue weighted by Gasteiger charge is -2.40. The van der Waals surface area contributed by atoms with E-state index in [4.69, 9.17) is 0 Å². The largest absolute Gasteiger partial charge is 0.337 e. The van der Waals surface area contributed by atoms with Crippen LogP contribution in [0.4, 0.5) is 4.39 Å². The zero-order chi connectivity index (χ0) is 18.1. The fourth-order valence-corrected chi connectivity index (χ4v) is 4.46. The number of nitrogens with one attached hydrogen (secondary N) is 1. The van der Waals surface area contributed by atoms with Crippen molar-refractivity contribution in [2.45, 2.75) is 43.7 Å². The third-order valence-corrected chi connectivity index (χ3v) is 5.95. The van der Waals surface area contributed by atoms with Crippen molar-refractivity contribution in [1.82, 2.24) is 20.0 Å². The van der Waals surface area contributed by atoms with E-state index >= 15 is 0 Å². The Morgan fingerprint density at radius 2 is 1.96 bits per heavy atom. The third kappa shape index (κ3) is 3.60. The van der Waals surface area contributed by atoms with Crippen molar-refractivity contribution >= 4 is 18.3 Å². The Morgan fingerprint density at radius 3 is 2.59 bits per heavy atom. The first-order valence-electron chi connectivity index (χ1n) is 9.37. The third-order valence-electron chi connectivity index (χ3n) is 5.95. The highest BCUT2D eigenvalue weighted by molar-refractivity contribution is 5.85. The van der Waals surface area contributed by atoms with Crippen LogP contribution in [0.5, 0.6) is 0 Å². The molecule has 5 nitrogen and oxygen atoms in total. The van der Waals surface area contributed by atoms with Gasteiger partial charge in [-0.15, -0.1) is 12.4 Å². The fraction of sp³-hybridized carbons (Fsp3) is 0.500. The Morgan fingerprint density at radius 1 is 1.26 bits per heavy atom. The van der Waals surface area contributed by atoms with Gasteiger partial charge in [0.1, 0.15) is 11.4 Å². The number of piperidine rings is 1. The Kier molecular flexibility index (Phi) is 5.86. The molecule has 0 aliphatic carbocycles. The van der Waals surface area contributed by atoms with Crippen LogP contribution in [0.25, 0.3) is 0 Å². The van der Waals surface area contributed by atoms with Crippen molar-refractivity contribution in [2.75, 3.05) is 19.6 Å². The molecule has 0 spiro atoms. The van der Waals surface area contributed by atoms with Crippen molar-refractivity contribution in [3.8, 4) is 0 Å². The highest BCUT2D eigenvalue weighted by Gasteiger charge is 2.47. The molecule has 2 aromatic rings. The highest BCUT2D eigenvalue weighted by Crippen LogP contribution is 2.37. The van der Waals surface area contributed by atoms with Crippen LogP contribution in [0.3, 0.4) is 0 Å². The minimum absolute atomic E-state index is 0. The van der Waals surface area contributed by atoms with Gasteiger partial charge in [0.05, 0.1) is 0 Å². The summed E-state index contributed by atoms with van der Waals surface area (Å²) in [7, 11) is 0. The van der Waals surface area contributed by atoms with Crippen molar-refractivity contribution in [3.05, 3.63) is 54.1 Å². The minimum Gasteiger partial charge on any atom is -0.337 e. The van der Waals surface area contributed by atoms with Gasteiger partial charge in [-0.25, -0.2) is 4.39 Å². The van der Waals surface area contributed by atoms with Crippen LogP contribution in [-0.2, 0) is 10.3 Å². The number of carbonyl (C=O) groups is 1. The molecular formula is C20H26ClFN4O. The predicted octanol–water partition coefficient (Wildman–Crippen LogP) is 2.93. The van der Waals surface area contributed by atoms with Gasteiger partial charge in [0.25, 0.3) is 5.91 Å². The van der Waals surface area contributed by atoms with Crippen LogP contribution in [0, 0.1) is 5.82 Å². The van der Waals surface area contributed by atoms with Crippen molar-refractivity contribution in [1.29, 1.82) is 0 Å². The number of nitrogens with zero attached hydrogens (tertiary/aromatic N) is 3. The van der Waals surface area contributed by atoms with Gasteiger partial charge in [-0.2, -0.15) is 5.10 Å². The Balaban J connectivity index is 0.00000210. The van der Waals surface area contributed by atoms with Crippen LogP contribution in [0.1, 0.15) is 37.7 Å². The van der Waals surface area contributed by atoms with E-state index in [0.717, 1.165) is 37.9 Å². The molecule has 1 N–H and O–H groups in total. The zero-order valence-electron chi connectivity index (χ0n) is 15.5. The Hall–Kier alpha value is -1.92. The number of halogens is 2. The van der Waals surface area contributed by atoms with E-state index in [-0.39, 0.29) is 36.1 Å². The quantitative estimate of drug-likeness (QED) is 0.873. The minimum atomic E-state index is -0.597. The van der Waals surface area contributed by atoms with Crippen molar-refractivity contribution in [2.24, 2.45) is 0 Å². The second-order valence-electron chi connectivity index (χ2n) is 7.52. The second kappa shape index (κ2) is 7.98. The summed E-state index contributed by atoms with van der Waals surface area (Å²) >= 11 is 0. The molecule has 2 aliphatic rings. The number of benzene rings is 1. The van der Waals surface area contributed by atoms with Gasteiger partial charge in [0.2, 0.25) is 0 Å². The first-order chi connectivity index (χ1) is 12.6. The molecule has 1 aromatic carbocycles. The Labute approximate surface area is 165 Å². The second-order valence-corrected chi connectivity index (χ2v) is 7.52. The van der Waals surface area contributed by atoms with Gasteiger partial charge >= 0.3 is 0 Å². The van der Waals surface area contributed by atoms with Gasteiger partial charge in [0, 0.05) is 30.9 Å². The van der Waals surface area contributed by atoms with E-state index in [9.17, 15) is 9.18 Å². The molecule has 1 aromatic heterocycles. The summed E-state index contributed by atoms with van der Waals surface area (Å²) in [6.07, 6.45) is 6.05. The number of hydrogen-bond donors (Lipinski definition) is 1. The summed E-state index contributed by atoms with van der Waals surface area (Å²) in [6, 6.07) is 8.74. The molecule has 1 amide bonds. The average Bonchev–Trinajstić information content (AvgIpc) is 3.32. The van der Waals surface area contributed by atoms with Crippen molar-refractivity contribution < 1.29 is 9.18 Å². The number of rotatable bonds is 3. The average molecular weight is 393 g/mol. The molecule has 3 heterocycles. The normalized spacial score (nSPS) is 24.4. The summed E-state index contributed by atoms with van der Waals surface area (Å²) in [5.41, 5.74) is 0.507. The molecule has 2 saturated heterocycles. The summed E-state index contributed by atoms with van der Waals surface area (Å²) in [5.74, 6) is 0.200. The summed E-state index contributed by atoms with van der Waals surface area (Å²) in [6.45, 7) is 4.42. The van der Waals surface area contributed by atoms with Gasteiger partial charge in [0.15, 0.2) is 0 Å². The zero-order valence-corrected chi connectivity index (χ0v) is 16.3. The topological polar surface area (TPSA) is 50.2 Å². The van der Waals surface area contributed by atoms with Gasteiger partial charge in [-0.05, 0) is 63.0 Å². The highest BCUT2D eigenvalue weighted by atomic mass is 35.5. The lowest BCUT2D eigenvalue weighted by Crippen LogP contribution is -2.56. The standard InChI is InChI=1S/C20H25FN4O.ClH/c1-15-13-17(16-3-5-18(21)6-4-16)14-24(15)19(26)20(7-10-22-11-8-20)25-12-2-9-23-25;/h2-6,9,12,15,17,22H,7-8,10-11,13-14H2,1H3;1H. The molecule has 0 saturated carbocycles. The Bertz CT molecular complexity index is 759. The van der Waals surface area contributed by atoms with E-state index in [2.05, 4.69) is 17.3 Å². The SMILES string of the molecule is CC1CC(c2ccc(F)cc2)CN1C(=O)C1(n2cccn2)CCNCC1.Cl. The fourth-order valence-electron chi connectivity index (χ4n) is 4.46. The molecule has 2 aliphatic heterocycles.